The number of nitrogens with one attached hydrogen (secondary N) is 1. The Bertz CT molecular complexity index is 1150. The molecule has 154 valence electrons. The summed E-state index contributed by atoms with van der Waals surface area (Å²) in [5.41, 5.74) is 6.60. The SMILES string of the molecule is Cc1ncn(-c2nc(-c3cc(S(=O)(=O)NCC(C)(C)O)ccc3C)cnc2N)n1. The monoisotopic (exact) mass is 417 g/mol. The summed E-state index contributed by atoms with van der Waals surface area (Å²) in [6.07, 6.45) is 2.96. The van der Waals surface area contributed by atoms with Gasteiger partial charge in [0.15, 0.2) is 11.6 Å². The number of benzene rings is 1. The van der Waals surface area contributed by atoms with Gasteiger partial charge in [0.25, 0.3) is 0 Å². The number of aliphatic hydroxyl groups is 1. The molecule has 0 amide bonds. The number of sulfonamides is 1. The molecule has 0 fully saturated rings. The highest BCUT2D eigenvalue weighted by Gasteiger charge is 2.21. The number of hydrogen-bond donors (Lipinski definition) is 3. The maximum Gasteiger partial charge on any atom is 0.240 e. The molecule has 0 bridgehead atoms. The van der Waals surface area contributed by atoms with Crippen molar-refractivity contribution in [3.63, 3.8) is 0 Å². The second-order valence-electron chi connectivity index (χ2n) is 7.31. The summed E-state index contributed by atoms with van der Waals surface area (Å²) in [5, 5.41) is 14.0. The molecular weight excluding hydrogens is 394 g/mol. The van der Waals surface area contributed by atoms with Crippen LogP contribution in [-0.2, 0) is 10.0 Å². The lowest BCUT2D eigenvalue weighted by atomic mass is 10.1. The van der Waals surface area contributed by atoms with E-state index in [-0.39, 0.29) is 17.3 Å². The number of hydrogen-bond acceptors (Lipinski definition) is 8. The molecule has 29 heavy (non-hydrogen) atoms. The molecule has 0 unspecified atom stereocenters. The van der Waals surface area contributed by atoms with Crippen molar-refractivity contribution in [1.29, 1.82) is 0 Å². The summed E-state index contributed by atoms with van der Waals surface area (Å²) in [6.45, 7) is 6.51. The summed E-state index contributed by atoms with van der Waals surface area (Å²) in [4.78, 5) is 12.8. The zero-order valence-corrected chi connectivity index (χ0v) is 17.4. The number of nitrogens with two attached hydrogens (primary N) is 1. The van der Waals surface area contributed by atoms with Crippen LogP contribution in [0.3, 0.4) is 0 Å². The van der Waals surface area contributed by atoms with Gasteiger partial charge in [-0.25, -0.2) is 28.1 Å². The average Bonchev–Trinajstić information content (AvgIpc) is 3.06. The van der Waals surface area contributed by atoms with Crippen LogP contribution in [0.2, 0.25) is 0 Å². The zero-order chi connectivity index (χ0) is 21.4. The van der Waals surface area contributed by atoms with Crippen LogP contribution in [0.4, 0.5) is 5.82 Å². The standard InChI is InChI=1S/C18H23N7O3S/c1-11-5-6-13(29(27,28)22-9-18(3,4)26)7-14(11)15-8-20-16(19)17(23-15)25-10-21-12(2)24-25/h5-8,10,22,26H,9H2,1-4H3,(H2,19,20). The summed E-state index contributed by atoms with van der Waals surface area (Å²) >= 11 is 0. The number of aryl methyl sites for hydroxylation is 2. The lowest BCUT2D eigenvalue weighted by Gasteiger charge is -2.18. The minimum atomic E-state index is -3.82. The van der Waals surface area contributed by atoms with Crippen LogP contribution in [-0.4, -0.2) is 50.4 Å². The van der Waals surface area contributed by atoms with Gasteiger partial charge in [0, 0.05) is 12.1 Å². The second kappa shape index (κ2) is 7.50. The lowest BCUT2D eigenvalue weighted by molar-refractivity contribution is 0.0857. The van der Waals surface area contributed by atoms with Gasteiger partial charge in [0.05, 0.1) is 22.4 Å². The van der Waals surface area contributed by atoms with E-state index < -0.39 is 15.6 Å². The van der Waals surface area contributed by atoms with E-state index in [1.165, 1.54) is 43.2 Å². The van der Waals surface area contributed by atoms with E-state index in [1.807, 2.05) is 6.92 Å². The van der Waals surface area contributed by atoms with Crippen LogP contribution in [0.5, 0.6) is 0 Å². The highest BCUT2D eigenvalue weighted by molar-refractivity contribution is 7.89. The van der Waals surface area contributed by atoms with Crippen LogP contribution in [0.15, 0.2) is 35.6 Å². The highest BCUT2D eigenvalue weighted by Crippen LogP contribution is 2.26. The highest BCUT2D eigenvalue weighted by atomic mass is 32.2. The Balaban J connectivity index is 2.03. The molecular formula is C18H23N7O3S. The van der Waals surface area contributed by atoms with Gasteiger partial charge in [-0.3, -0.25) is 0 Å². The van der Waals surface area contributed by atoms with E-state index in [0.29, 0.717) is 22.9 Å². The first kappa shape index (κ1) is 20.8. The molecule has 0 spiro atoms. The van der Waals surface area contributed by atoms with Gasteiger partial charge in [-0.1, -0.05) is 6.07 Å². The molecule has 11 heteroatoms. The predicted molar refractivity (Wildman–Crippen MR) is 108 cm³/mol. The smallest absolute Gasteiger partial charge is 0.240 e. The number of aromatic nitrogens is 5. The van der Waals surface area contributed by atoms with Crippen molar-refractivity contribution in [3.8, 4) is 17.1 Å². The van der Waals surface area contributed by atoms with Gasteiger partial charge in [-0.2, -0.15) is 9.78 Å². The molecule has 3 aromatic rings. The third kappa shape index (κ3) is 4.75. The van der Waals surface area contributed by atoms with E-state index in [1.54, 1.807) is 13.0 Å². The maximum absolute atomic E-state index is 12.6. The fourth-order valence-electron chi connectivity index (χ4n) is 2.53. The Kier molecular flexibility index (Phi) is 5.39. The quantitative estimate of drug-likeness (QED) is 0.537. The van der Waals surface area contributed by atoms with E-state index in [2.05, 4.69) is 24.8 Å². The fraction of sp³-hybridized carbons (Fsp3) is 0.333. The Morgan fingerprint density at radius 2 is 1.97 bits per heavy atom. The summed E-state index contributed by atoms with van der Waals surface area (Å²) in [5.74, 6) is 1.03. The second-order valence-corrected chi connectivity index (χ2v) is 9.08. The van der Waals surface area contributed by atoms with Gasteiger partial charge >= 0.3 is 0 Å². The molecule has 4 N–H and O–H groups in total. The van der Waals surface area contributed by atoms with Crippen LogP contribution in [0.1, 0.15) is 25.2 Å². The summed E-state index contributed by atoms with van der Waals surface area (Å²) in [6, 6.07) is 4.70. The van der Waals surface area contributed by atoms with Crippen molar-refractivity contribution < 1.29 is 13.5 Å². The molecule has 0 saturated heterocycles. The molecule has 0 aliphatic carbocycles. The minimum Gasteiger partial charge on any atom is -0.389 e. The Hall–Kier alpha value is -2.89. The van der Waals surface area contributed by atoms with Crippen molar-refractivity contribution in [3.05, 3.63) is 42.1 Å². The average molecular weight is 417 g/mol. The van der Waals surface area contributed by atoms with Crippen molar-refractivity contribution in [1.82, 2.24) is 29.5 Å². The van der Waals surface area contributed by atoms with Gasteiger partial charge in [0.1, 0.15) is 12.2 Å². The minimum absolute atomic E-state index is 0.0547. The molecule has 10 nitrogen and oxygen atoms in total. The molecule has 0 atom stereocenters. The Morgan fingerprint density at radius 3 is 2.59 bits per heavy atom. The molecule has 0 saturated carbocycles. The number of nitrogen functional groups attached to an aromatic ring is 1. The van der Waals surface area contributed by atoms with Crippen LogP contribution in [0.25, 0.3) is 17.1 Å². The first-order chi connectivity index (χ1) is 13.5. The van der Waals surface area contributed by atoms with Gasteiger partial charge in [-0.05, 0) is 45.4 Å². The summed E-state index contributed by atoms with van der Waals surface area (Å²) < 4.78 is 29.1. The molecule has 0 radical (unpaired) electrons. The van der Waals surface area contributed by atoms with Crippen molar-refractivity contribution in [2.45, 2.75) is 38.2 Å². The number of rotatable bonds is 6. The topological polar surface area (TPSA) is 149 Å². The molecule has 3 rings (SSSR count). The van der Waals surface area contributed by atoms with E-state index >= 15 is 0 Å². The van der Waals surface area contributed by atoms with Crippen molar-refractivity contribution >= 4 is 15.8 Å². The largest absolute Gasteiger partial charge is 0.389 e. The molecule has 1 aromatic carbocycles. The van der Waals surface area contributed by atoms with E-state index in [9.17, 15) is 13.5 Å². The third-order valence-electron chi connectivity index (χ3n) is 4.09. The van der Waals surface area contributed by atoms with Crippen LogP contribution >= 0.6 is 0 Å². The van der Waals surface area contributed by atoms with Crippen molar-refractivity contribution in [2.75, 3.05) is 12.3 Å². The van der Waals surface area contributed by atoms with Crippen LogP contribution < -0.4 is 10.5 Å². The van der Waals surface area contributed by atoms with E-state index in [4.69, 9.17) is 5.73 Å². The Morgan fingerprint density at radius 1 is 1.24 bits per heavy atom. The Labute approximate surface area is 168 Å². The zero-order valence-electron chi connectivity index (χ0n) is 16.6. The van der Waals surface area contributed by atoms with Gasteiger partial charge < -0.3 is 10.8 Å². The van der Waals surface area contributed by atoms with E-state index in [0.717, 1.165) is 5.56 Å². The summed E-state index contributed by atoms with van der Waals surface area (Å²) in [7, 11) is -3.82. The predicted octanol–water partition coefficient (Wildman–Crippen LogP) is 0.973. The van der Waals surface area contributed by atoms with Gasteiger partial charge in [-0.15, -0.1) is 0 Å². The third-order valence-corrected chi connectivity index (χ3v) is 5.49. The molecule has 0 aliphatic rings. The first-order valence-electron chi connectivity index (χ1n) is 8.80. The molecule has 0 aliphatic heterocycles. The fourth-order valence-corrected chi connectivity index (χ4v) is 3.76. The van der Waals surface area contributed by atoms with Crippen molar-refractivity contribution in [2.24, 2.45) is 0 Å². The first-order valence-corrected chi connectivity index (χ1v) is 10.3. The number of anilines is 1. The molecule has 2 aromatic heterocycles. The van der Waals surface area contributed by atoms with Crippen LogP contribution in [0, 0.1) is 13.8 Å². The maximum atomic E-state index is 12.6. The number of nitrogens with zero attached hydrogens (tertiary/aromatic N) is 5. The molecule has 2 heterocycles. The van der Waals surface area contributed by atoms with Gasteiger partial charge in [0.2, 0.25) is 10.0 Å². The lowest BCUT2D eigenvalue weighted by Crippen LogP contribution is -2.38. The normalized spacial score (nSPS) is 12.3.